The van der Waals surface area contributed by atoms with Crippen molar-refractivity contribution in [3.05, 3.63) is 5.69 Å². The molecule has 0 amide bonds. The first kappa shape index (κ1) is 16.3. The summed E-state index contributed by atoms with van der Waals surface area (Å²) in [6.07, 6.45) is 4.61. The normalized spacial score (nSPS) is 17.2. The molecule has 8 heteroatoms. The van der Waals surface area contributed by atoms with Gasteiger partial charge >= 0.3 is 0 Å². The summed E-state index contributed by atoms with van der Waals surface area (Å²) in [7, 11) is -1.90. The van der Waals surface area contributed by atoms with E-state index in [0.717, 1.165) is 26.1 Å². The first-order valence-corrected chi connectivity index (χ1v) is 8.91. The SMILES string of the molecule is Cc1c(S(=O)(=O)NCCCN2CCCCC2)c(N)nn1C. The Bertz CT molecular complexity index is 576. The predicted molar refractivity (Wildman–Crippen MR) is 82.5 cm³/mol. The Labute approximate surface area is 126 Å². The second-order valence-corrected chi connectivity index (χ2v) is 7.28. The molecule has 2 heterocycles. The molecule has 7 nitrogen and oxygen atoms in total. The monoisotopic (exact) mass is 315 g/mol. The van der Waals surface area contributed by atoms with Crippen molar-refractivity contribution in [2.45, 2.75) is 37.5 Å². The minimum atomic E-state index is -3.58. The topological polar surface area (TPSA) is 93.2 Å². The third-order valence-corrected chi connectivity index (χ3v) is 5.59. The molecule has 1 saturated heterocycles. The Kier molecular flexibility index (Phi) is 5.23. The van der Waals surface area contributed by atoms with Gasteiger partial charge in [0, 0.05) is 13.6 Å². The molecule has 1 aliphatic rings. The lowest BCUT2D eigenvalue weighted by atomic mass is 10.1. The van der Waals surface area contributed by atoms with Crippen LogP contribution in [0.3, 0.4) is 0 Å². The van der Waals surface area contributed by atoms with E-state index in [1.54, 1.807) is 14.0 Å². The second kappa shape index (κ2) is 6.76. The minimum Gasteiger partial charge on any atom is -0.381 e. The Balaban J connectivity index is 1.86. The highest BCUT2D eigenvalue weighted by Crippen LogP contribution is 2.20. The quantitative estimate of drug-likeness (QED) is 0.744. The standard InChI is InChI=1S/C13H25N5O2S/c1-11-12(13(14)16-17(11)2)21(19,20)15-7-6-10-18-8-4-3-5-9-18/h15H,3-10H2,1-2H3,(H2,14,16). The second-order valence-electron chi connectivity index (χ2n) is 5.58. The number of aromatic nitrogens is 2. The van der Waals surface area contributed by atoms with E-state index in [2.05, 4.69) is 14.7 Å². The highest BCUT2D eigenvalue weighted by molar-refractivity contribution is 7.89. The summed E-state index contributed by atoms with van der Waals surface area (Å²) in [4.78, 5) is 2.49. The summed E-state index contributed by atoms with van der Waals surface area (Å²) in [5.41, 5.74) is 6.24. The number of likely N-dealkylation sites (tertiary alicyclic amines) is 1. The first-order chi connectivity index (χ1) is 9.92. The van der Waals surface area contributed by atoms with Crippen LogP contribution in [0, 0.1) is 6.92 Å². The van der Waals surface area contributed by atoms with Crippen molar-refractivity contribution >= 4 is 15.8 Å². The molecule has 0 atom stereocenters. The highest BCUT2D eigenvalue weighted by Gasteiger charge is 2.24. The van der Waals surface area contributed by atoms with Crippen molar-refractivity contribution in [1.29, 1.82) is 0 Å². The molecule has 1 aromatic rings. The van der Waals surface area contributed by atoms with Crippen molar-refractivity contribution in [3.8, 4) is 0 Å². The molecule has 0 bridgehead atoms. The van der Waals surface area contributed by atoms with Crippen LogP contribution in [0.1, 0.15) is 31.4 Å². The number of sulfonamides is 1. The molecular weight excluding hydrogens is 290 g/mol. The third-order valence-electron chi connectivity index (χ3n) is 3.97. The van der Waals surface area contributed by atoms with E-state index in [9.17, 15) is 8.42 Å². The average molecular weight is 315 g/mol. The fourth-order valence-corrected chi connectivity index (χ4v) is 4.11. The van der Waals surface area contributed by atoms with Gasteiger partial charge < -0.3 is 10.6 Å². The van der Waals surface area contributed by atoms with Crippen LogP contribution in [-0.2, 0) is 17.1 Å². The van der Waals surface area contributed by atoms with Gasteiger partial charge in [0.15, 0.2) is 5.82 Å². The van der Waals surface area contributed by atoms with Crippen LogP contribution in [0.4, 0.5) is 5.82 Å². The highest BCUT2D eigenvalue weighted by atomic mass is 32.2. The number of hydrogen-bond acceptors (Lipinski definition) is 5. The Morgan fingerprint density at radius 3 is 2.52 bits per heavy atom. The number of nitrogens with one attached hydrogen (secondary N) is 1. The number of piperidine rings is 1. The first-order valence-electron chi connectivity index (χ1n) is 7.43. The van der Waals surface area contributed by atoms with Crippen molar-refractivity contribution in [3.63, 3.8) is 0 Å². The molecule has 0 unspecified atom stereocenters. The molecule has 0 aromatic carbocycles. The van der Waals surface area contributed by atoms with Crippen LogP contribution in [0.5, 0.6) is 0 Å². The molecule has 0 aliphatic carbocycles. The van der Waals surface area contributed by atoms with Crippen molar-refractivity contribution in [1.82, 2.24) is 19.4 Å². The van der Waals surface area contributed by atoms with Gasteiger partial charge in [-0.05, 0) is 45.8 Å². The molecule has 0 spiro atoms. The minimum absolute atomic E-state index is 0.0542. The summed E-state index contributed by atoms with van der Waals surface area (Å²) < 4.78 is 28.7. The number of rotatable bonds is 6. The number of anilines is 1. The van der Waals surface area contributed by atoms with Crippen LogP contribution in [0.2, 0.25) is 0 Å². The molecule has 0 saturated carbocycles. The zero-order chi connectivity index (χ0) is 15.5. The van der Waals surface area contributed by atoms with Crippen LogP contribution >= 0.6 is 0 Å². The molecule has 1 fully saturated rings. The average Bonchev–Trinajstić information content (AvgIpc) is 2.70. The Morgan fingerprint density at radius 1 is 1.29 bits per heavy atom. The Morgan fingerprint density at radius 2 is 1.95 bits per heavy atom. The van der Waals surface area contributed by atoms with Crippen LogP contribution in [0.15, 0.2) is 4.90 Å². The zero-order valence-corrected chi connectivity index (χ0v) is 13.6. The third kappa shape index (κ3) is 3.96. The van der Waals surface area contributed by atoms with E-state index in [4.69, 9.17) is 5.73 Å². The fraction of sp³-hybridized carbons (Fsp3) is 0.769. The predicted octanol–water partition coefficient (Wildman–Crippen LogP) is 0.465. The van der Waals surface area contributed by atoms with E-state index in [1.807, 2.05) is 0 Å². The number of nitrogens with two attached hydrogens (primary N) is 1. The van der Waals surface area contributed by atoms with Crippen molar-refractivity contribution in [2.24, 2.45) is 7.05 Å². The summed E-state index contributed by atoms with van der Waals surface area (Å²) in [5, 5.41) is 3.95. The van der Waals surface area contributed by atoms with E-state index >= 15 is 0 Å². The lowest BCUT2D eigenvalue weighted by Crippen LogP contribution is -2.33. The Hall–Kier alpha value is -1.12. The molecule has 120 valence electrons. The van der Waals surface area contributed by atoms with Crippen LogP contribution < -0.4 is 10.5 Å². The maximum atomic E-state index is 12.3. The van der Waals surface area contributed by atoms with Gasteiger partial charge in [0.25, 0.3) is 0 Å². The fourth-order valence-electron chi connectivity index (χ4n) is 2.71. The van der Waals surface area contributed by atoms with Gasteiger partial charge in [-0.2, -0.15) is 5.10 Å². The van der Waals surface area contributed by atoms with Crippen LogP contribution in [0.25, 0.3) is 0 Å². The zero-order valence-electron chi connectivity index (χ0n) is 12.8. The van der Waals surface area contributed by atoms with Gasteiger partial charge in [-0.25, -0.2) is 13.1 Å². The molecule has 0 radical (unpaired) electrons. The molecule has 2 rings (SSSR count). The molecule has 3 N–H and O–H groups in total. The lowest BCUT2D eigenvalue weighted by molar-refractivity contribution is 0.227. The van der Waals surface area contributed by atoms with Gasteiger partial charge in [-0.15, -0.1) is 0 Å². The van der Waals surface area contributed by atoms with E-state index in [0.29, 0.717) is 12.2 Å². The van der Waals surface area contributed by atoms with Crippen molar-refractivity contribution in [2.75, 3.05) is 31.9 Å². The molecular formula is C13H25N5O2S. The van der Waals surface area contributed by atoms with Gasteiger partial charge in [0.05, 0.1) is 5.69 Å². The summed E-state index contributed by atoms with van der Waals surface area (Å²) in [6, 6.07) is 0. The van der Waals surface area contributed by atoms with Gasteiger partial charge in [-0.1, -0.05) is 6.42 Å². The van der Waals surface area contributed by atoms with Crippen molar-refractivity contribution < 1.29 is 8.42 Å². The summed E-state index contributed by atoms with van der Waals surface area (Å²) in [5.74, 6) is 0.0542. The van der Waals surface area contributed by atoms with Gasteiger partial charge in [0.1, 0.15) is 4.90 Å². The van der Waals surface area contributed by atoms with E-state index in [1.165, 1.54) is 23.9 Å². The lowest BCUT2D eigenvalue weighted by Gasteiger charge is -2.26. The smallest absolute Gasteiger partial charge is 0.246 e. The number of nitrogens with zero attached hydrogens (tertiary/aromatic N) is 3. The summed E-state index contributed by atoms with van der Waals surface area (Å²) >= 11 is 0. The maximum Gasteiger partial charge on any atom is 0.246 e. The number of hydrogen-bond donors (Lipinski definition) is 2. The van der Waals surface area contributed by atoms with E-state index < -0.39 is 10.0 Å². The molecule has 1 aromatic heterocycles. The van der Waals surface area contributed by atoms with Crippen LogP contribution in [-0.4, -0.2) is 49.3 Å². The molecule has 21 heavy (non-hydrogen) atoms. The largest absolute Gasteiger partial charge is 0.381 e. The van der Waals surface area contributed by atoms with Gasteiger partial charge in [-0.3, -0.25) is 4.68 Å². The summed E-state index contributed by atoms with van der Waals surface area (Å²) in [6.45, 7) is 5.31. The van der Waals surface area contributed by atoms with Gasteiger partial charge in [0.2, 0.25) is 10.0 Å². The van der Waals surface area contributed by atoms with E-state index in [-0.39, 0.29) is 10.7 Å². The maximum absolute atomic E-state index is 12.3. The number of aryl methyl sites for hydroxylation is 1. The molecule has 1 aliphatic heterocycles. The number of nitrogen functional groups attached to an aromatic ring is 1.